The van der Waals surface area contributed by atoms with Crippen molar-refractivity contribution >= 4 is 36.0 Å². The molecule has 0 aliphatic carbocycles. The summed E-state index contributed by atoms with van der Waals surface area (Å²) in [6.07, 6.45) is 0. The van der Waals surface area contributed by atoms with Gasteiger partial charge in [0.05, 0.1) is 4.90 Å². The molecule has 0 aromatic heterocycles. The van der Waals surface area contributed by atoms with Crippen molar-refractivity contribution in [2.75, 3.05) is 26.2 Å². The fraction of sp³-hybridized carbons (Fsp3) is 0.250. The van der Waals surface area contributed by atoms with Gasteiger partial charge >= 0.3 is 0 Å². The van der Waals surface area contributed by atoms with E-state index in [-0.39, 0.29) is 31.1 Å². The van der Waals surface area contributed by atoms with Crippen LogP contribution in [-0.2, 0) is 20.0 Å². The summed E-state index contributed by atoms with van der Waals surface area (Å²) in [7, 11) is -7.96. The van der Waals surface area contributed by atoms with Crippen LogP contribution in [0.15, 0.2) is 56.7 Å². The first-order valence-corrected chi connectivity index (χ1v) is 11.5. The molecule has 0 N–H and O–H groups in total. The van der Waals surface area contributed by atoms with E-state index >= 15 is 0 Å². The van der Waals surface area contributed by atoms with Gasteiger partial charge in [0, 0.05) is 36.7 Å². The number of hydrogen-bond donors (Lipinski definition) is 0. The molecule has 1 aliphatic heterocycles. The Labute approximate surface area is 164 Å². The molecule has 1 saturated heterocycles. The van der Waals surface area contributed by atoms with Crippen LogP contribution in [0, 0.1) is 11.6 Å². The van der Waals surface area contributed by atoms with Gasteiger partial charge in [0.25, 0.3) is 0 Å². The van der Waals surface area contributed by atoms with Crippen LogP contribution >= 0.6 is 15.9 Å². The zero-order chi connectivity index (χ0) is 19.8. The molecule has 0 saturated carbocycles. The number of halogens is 3. The number of benzene rings is 2. The van der Waals surface area contributed by atoms with Crippen LogP contribution in [0.1, 0.15) is 0 Å². The minimum atomic E-state index is -4.19. The van der Waals surface area contributed by atoms with Gasteiger partial charge in [-0.3, -0.25) is 0 Å². The van der Waals surface area contributed by atoms with Crippen molar-refractivity contribution in [1.82, 2.24) is 8.61 Å². The van der Waals surface area contributed by atoms with Crippen molar-refractivity contribution in [3.63, 3.8) is 0 Å². The molecule has 11 heteroatoms. The SMILES string of the molecule is O=S(=O)(c1cccc(Br)c1)N1CCN(S(=O)(=O)c2ccc(F)cc2F)CC1. The molecule has 0 atom stereocenters. The lowest BCUT2D eigenvalue weighted by molar-refractivity contribution is 0.272. The van der Waals surface area contributed by atoms with Gasteiger partial charge in [-0.1, -0.05) is 22.0 Å². The molecule has 27 heavy (non-hydrogen) atoms. The highest BCUT2D eigenvalue weighted by Crippen LogP contribution is 2.24. The van der Waals surface area contributed by atoms with Gasteiger partial charge < -0.3 is 0 Å². The molecule has 1 fully saturated rings. The Kier molecular flexibility index (Phi) is 5.69. The smallest absolute Gasteiger partial charge is 0.207 e. The molecular weight excluding hydrogens is 466 g/mol. The average molecular weight is 481 g/mol. The third-order valence-electron chi connectivity index (χ3n) is 4.14. The van der Waals surface area contributed by atoms with Crippen LogP contribution in [0.2, 0.25) is 0 Å². The number of rotatable bonds is 4. The van der Waals surface area contributed by atoms with Crippen LogP contribution < -0.4 is 0 Å². The van der Waals surface area contributed by atoms with Gasteiger partial charge in [0.2, 0.25) is 20.0 Å². The van der Waals surface area contributed by atoms with Crippen LogP contribution in [-0.4, -0.2) is 51.6 Å². The molecule has 2 aromatic carbocycles. The second kappa shape index (κ2) is 7.55. The maximum atomic E-state index is 13.9. The molecule has 0 amide bonds. The standard InChI is InChI=1S/C16H15BrF2N2O4S2/c17-12-2-1-3-14(10-12)26(22,23)20-6-8-21(9-7-20)27(24,25)16-5-4-13(18)11-15(16)19/h1-5,10-11H,6-9H2. The fourth-order valence-electron chi connectivity index (χ4n) is 2.75. The van der Waals surface area contributed by atoms with Crippen LogP contribution in [0.4, 0.5) is 8.78 Å². The first kappa shape index (κ1) is 20.3. The predicted octanol–water partition coefficient (Wildman–Crippen LogP) is 2.42. The fourth-order valence-corrected chi connectivity index (χ4v) is 6.24. The quantitative estimate of drug-likeness (QED) is 0.673. The third kappa shape index (κ3) is 4.06. The second-order valence-corrected chi connectivity index (χ2v) is 10.6. The van der Waals surface area contributed by atoms with Gasteiger partial charge in [-0.05, 0) is 30.3 Å². The van der Waals surface area contributed by atoms with E-state index in [1.807, 2.05) is 0 Å². The van der Waals surface area contributed by atoms with Gasteiger partial charge in [-0.2, -0.15) is 8.61 Å². The summed E-state index contributed by atoms with van der Waals surface area (Å²) in [5, 5.41) is 0. The van der Waals surface area contributed by atoms with Crippen molar-refractivity contribution in [1.29, 1.82) is 0 Å². The van der Waals surface area contributed by atoms with Gasteiger partial charge in [-0.15, -0.1) is 0 Å². The molecule has 0 spiro atoms. The molecular formula is C16H15BrF2N2O4S2. The lowest BCUT2D eigenvalue weighted by Gasteiger charge is -2.33. The minimum absolute atomic E-state index is 0.0725. The molecule has 0 bridgehead atoms. The highest BCUT2D eigenvalue weighted by molar-refractivity contribution is 9.10. The Balaban J connectivity index is 1.79. The zero-order valence-corrected chi connectivity index (χ0v) is 17.1. The van der Waals surface area contributed by atoms with E-state index in [1.54, 1.807) is 12.1 Å². The van der Waals surface area contributed by atoms with Crippen molar-refractivity contribution in [2.45, 2.75) is 9.79 Å². The Hall–Kier alpha value is -1.40. The summed E-state index contributed by atoms with van der Waals surface area (Å²) in [6, 6.07) is 8.44. The average Bonchev–Trinajstić information content (AvgIpc) is 2.61. The highest BCUT2D eigenvalue weighted by atomic mass is 79.9. The number of piperazine rings is 1. The minimum Gasteiger partial charge on any atom is -0.207 e. The summed E-state index contributed by atoms with van der Waals surface area (Å²) in [5.41, 5.74) is 0. The Morgan fingerprint density at radius 3 is 1.96 bits per heavy atom. The Morgan fingerprint density at radius 1 is 0.815 bits per heavy atom. The third-order valence-corrected chi connectivity index (χ3v) is 8.46. The zero-order valence-electron chi connectivity index (χ0n) is 13.8. The Bertz CT molecular complexity index is 1070. The van der Waals surface area contributed by atoms with Gasteiger partial charge in [0.15, 0.2) is 0 Å². The normalized spacial score (nSPS) is 17.1. The highest BCUT2D eigenvalue weighted by Gasteiger charge is 2.35. The summed E-state index contributed by atoms with van der Waals surface area (Å²) in [4.78, 5) is -0.537. The monoisotopic (exact) mass is 480 g/mol. The largest absolute Gasteiger partial charge is 0.246 e. The molecule has 2 aromatic rings. The second-order valence-electron chi connectivity index (χ2n) is 5.84. The summed E-state index contributed by atoms with van der Waals surface area (Å²) < 4.78 is 80.2. The first-order valence-electron chi connectivity index (χ1n) is 7.83. The van der Waals surface area contributed by atoms with E-state index < -0.39 is 36.6 Å². The van der Waals surface area contributed by atoms with Crippen molar-refractivity contribution in [2.24, 2.45) is 0 Å². The lowest BCUT2D eigenvalue weighted by atomic mass is 10.3. The predicted molar refractivity (Wildman–Crippen MR) is 98.0 cm³/mol. The van der Waals surface area contributed by atoms with Crippen LogP contribution in [0.3, 0.4) is 0 Å². The summed E-state index contributed by atoms with van der Waals surface area (Å²) in [6.45, 7) is -0.410. The maximum absolute atomic E-state index is 13.9. The molecule has 1 aliphatic rings. The lowest BCUT2D eigenvalue weighted by Crippen LogP contribution is -2.50. The molecule has 146 valence electrons. The number of hydrogen-bond acceptors (Lipinski definition) is 4. The molecule has 1 heterocycles. The van der Waals surface area contributed by atoms with Crippen LogP contribution in [0.25, 0.3) is 0 Å². The first-order chi connectivity index (χ1) is 12.6. The molecule has 0 radical (unpaired) electrons. The van der Waals surface area contributed by atoms with E-state index in [9.17, 15) is 25.6 Å². The molecule has 0 unspecified atom stereocenters. The maximum Gasteiger partial charge on any atom is 0.246 e. The number of nitrogens with zero attached hydrogens (tertiary/aromatic N) is 2. The number of sulfonamides is 2. The molecule has 6 nitrogen and oxygen atoms in total. The van der Waals surface area contributed by atoms with E-state index in [0.29, 0.717) is 10.5 Å². The Morgan fingerprint density at radius 2 is 1.41 bits per heavy atom. The van der Waals surface area contributed by atoms with E-state index in [4.69, 9.17) is 0 Å². The van der Waals surface area contributed by atoms with Crippen LogP contribution in [0.5, 0.6) is 0 Å². The van der Waals surface area contributed by atoms with Crippen molar-refractivity contribution in [3.05, 3.63) is 58.6 Å². The topological polar surface area (TPSA) is 74.8 Å². The van der Waals surface area contributed by atoms with E-state index in [2.05, 4.69) is 15.9 Å². The summed E-state index contributed by atoms with van der Waals surface area (Å²) >= 11 is 3.22. The summed E-state index contributed by atoms with van der Waals surface area (Å²) in [5.74, 6) is -2.06. The van der Waals surface area contributed by atoms with Gasteiger partial charge in [-0.25, -0.2) is 25.6 Å². The van der Waals surface area contributed by atoms with E-state index in [0.717, 1.165) is 16.4 Å². The van der Waals surface area contributed by atoms with Gasteiger partial charge in [0.1, 0.15) is 16.5 Å². The van der Waals surface area contributed by atoms with Crippen molar-refractivity contribution in [3.8, 4) is 0 Å². The molecule has 3 rings (SSSR count). The van der Waals surface area contributed by atoms with E-state index in [1.165, 1.54) is 16.4 Å². The van der Waals surface area contributed by atoms with Crippen molar-refractivity contribution < 1.29 is 25.6 Å².